The summed E-state index contributed by atoms with van der Waals surface area (Å²) in [4.78, 5) is 0. The number of hydrogen-bond donors (Lipinski definition) is 1. The van der Waals surface area contributed by atoms with Crippen LogP contribution in [0.5, 0.6) is 0 Å². The fraction of sp³-hybridized carbons (Fsp3) is 0.667. The van der Waals surface area contributed by atoms with Crippen molar-refractivity contribution in [3.05, 3.63) is 35.9 Å². The second-order valence-corrected chi connectivity index (χ2v) is 4.11. The lowest BCUT2D eigenvalue weighted by molar-refractivity contribution is 0.582. The van der Waals surface area contributed by atoms with E-state index in [0.29, 0.717) is 0 Å². The Morgan fingerprint density at radius 3 is 1.68 bits per heavy atom. The van der Waals surface area contributed by atoms with E-state index in [2.05, 4.69) is 43.6 Å². The van der Waals surface area contributed by atoms with Crippen LogP contribution in [0.15, 0.2) is 30.3 Å². The molecule has 1 fully saturated rings. The normalized spacial score (nSPS) is 13.2. The van der Waals surface area contributed by atoms with Gasteiger partial charge in [0.2, 0.25) is 0 Å². The molecule has 1 aliphatic carbocycles. The van der Waals surface area contributed by atoms with Gasteiger partial charge in [-0.25, -0.2) is 0 Å². The van der Waals surface area contributed by atoms with Gasteiger partial charge < -0.3 is 5.32 Å². The summed E-state index contributed by atoms with van der Waals surface area (Å²) in [5.74, 6) is 0. The van der Waals surface area contributed by atoms with Crippen LogP contribution < -0.4 is 5.32 Å². The smallest absolute Gasteiger partial charge is 0.00640 e. The first-order valence-corrected chi connectivity index (χ1v) is 8.08. The minimum absolute atomic E-state index is 0.847. The summed E-state index contributed by atoms with van der Waals surface area (Å²) in [5, 5.41) is 3.26. The molecule has 0 saturated heterocycles. The molecule has 1 N–H and O–H groups in total. The number of aryl methyl sites for hydroxylation is 1. The summed E-state index contributed by atoms with van der Waals surface area (Å²) >= 11 is 0. The maximum atomic E-state index is 3.26. The molecule has 0 atom stereocenters. The van der Waals surface area contributed by atoms with Gasteiger partial charge >= 0.3 is 0 Å². The van der Waals surface area contributed by atoms with Crippen LogP contribution in [-0.4, -0.2) is 13.1 Å². The Morgan fingerprint density at radius 1 is 0.947 bits per heavy atom. The molecule has 0 spiro atoms. The maximum Gasteiger partial charge on any atom is 0.00640 e. The van der Waals surface area contributed by atoms with Gasteiger partial charge in [0, 0.05) is 6.04 Å². The van der Waals surface area contributed by atoms with E-state index >= 15 is 0 Å². The van der Waals surface area contributed by atoms with E-state index in [9.17, 15) is 0 Å². The largest absolute Gasteiger partial charge is 0.317 e. The molecule has 112 valence electrons. The van der Waals surface area contributed by atoms with E-state index in [-0.39, 0.29) is 0 Å². The summed E-state index contributed by atoms with van der Waals surface area (Å²) in [5.41, 5.74) is 1.41. The molecule has 0 unspecified atom stereocenters. The first-order valence-electron chi connectivity index (χ1n) is 8.08. The zero-order chi connectivity index (χ0) is 14.9. The lowest BCUT2D eigenvalue weighted by Gasteiger charge is -2.03. The first-order chi connectivity index (χ1) is 9.36. The van der Waals surface area contributed by atoms with Gasteiger partial charge in [0.05, 0.1) is 0 Å². The molecule has 1 nitrogen and oxygen atoms in total. The molecule has 1 aromatic carbocycles. The van der Waals surface area contributed by atoms with E-state index in [1.54, 1.807) is 0 Å². The Labute approximate surface area is 121 Å². The second-order valence-electron chi connectivity index (χ2n) is 4.11. The molecular weight excluding hydrogens is 230 g/mol. The van der Waals surface area contributed by atoms with E-state index in [1.165, 1.54) is 31.2 Å². The van der Waals surface area contributed by atoms with Crippen molar-refractivity contribution in [2.45, 2.75) is 72.8 Å². The average Bonchev–Trinajstić information content (AvgIpc) is 3.06. The van der Waals surface area contributed by atoms with Crippen molar-refractivity contribution < 1.29 is 0 Å². The third-order valence-corrected chi connectivity index (χ3v) is 3.01. The van der Waals surface area contributed by atoms with Crippen molar-refractivity contribution in [2.24, 2.45) is 0 Å². The molecule has 0 amide bonds. The highest BCUT2D eigenvalue weighted by molar-refractivity contribution is 5.13. The molecular formula is C18H35N. The SMILES string of the molecule is CC.CC.CCc1ccccc1.CNC1CCCC1. The summed E-state index contributed by atoms with van der Waals surface area (Å²) in [6, 6.07) is 11.3. The van der Waals surface area contributed by atoms with Crippen LogP contribution in [0.1, 0.15) is 65.9 Å². The van der Waals surface area contributed by atoms with Crippen molar-refractivity contribution >= 4 is 0 Å². The van der Waals surface area contributed by atoms with Gasteiger partial charge in [0.1, 0.15) is 0 Å². The Kier molecular flexibility index (Phi) is 18.5. The molecule has 0 aliphatic heterocycles. The molecule has 0 bridgehead atoms. The highest BCUT2D eigenvalue weighted by Gasteiger charge is 2.10. The van der Waals surface area contributed by atoms with Gasteiger partial charge in [-0.05, 0) is 31.9 Å². The minimum Gasteiger partial charge on any atom is -0.317 e. The Morgan fingerprint density at radius 2 is 1.42 bits per heavy atom. The summed E-state index contributed by atoms with van der Waals surface area (Å²) < 4.78 is 0. The van der Waals surface area contributed by atoms with Gasteiger partial charge in [-0.3, -0.25) is 0 Å². The molecule has 19 heavy (non-hydrogen) atoms. The zero-order valence-corrected chi connectivity index (χ0v) is 14.0. The maximum absolute atomic E-state index is 3.26. The van der Waals surface area contributed by atoms with E-state index in [4.69, 9.17) is 0 Å². The molecule has 1 aromatic rings. The second kappa shape index (κ2) is 17.2. The highest BCUT2D eigenvalue weighted by Crippen LogP contribution is 2.16. The van der Waals surface area contributed by atoms with Crippen LogP contribution in [0.4, 0.5) is 0 Å². The zero-order valence-electron chi connectivity index (χ0n) is 14.0. The Hall–Kier alpha value is -0.820. The van der Waals surface area contributed by atoms with Crippen molar-refractivity contribution in [3.63, 3.8) is 0 Å². The van der Waals surface area contributed by atoms with Crippen LogP contribution in [-0.2, 0) is 6.42 Å². The summed E-state index contributed by atoms with van der Waals surface area (Å²) in [6.07, 6.45) is 6.81. The first kappa shape index (κ1) is 20.5. The van der Waals surface area contributed by atoms with Gasteiger partial charge in [-0.2, -0.15) is 0 Å². The monoisotopic (exact) mass is 265 g/mol. The number of hydrogen-bond acceptors (Lipinski definition) is 1. The molecule has 0 heterocycles. The van der Waals surface area contributed by atoms with E-state index < -0.39 is 0 Å². The predicted molar refractivity (Wildman–Crippen MR) is 89.8 cm³/mol. The molecule has 1 heteroatoms. The molecule has 0 radical (unpaired) electrons. The Balaban J connectivity index is 0. The average molecular weight is 265 g/mol. The fourth-order valence-corrected chi connectivity index (χ4v) is 1.93. The minimum atomic E-state index is 0.847. The number of nitrogens with one attached hydrogen (secondary N) is 1. The quantitative estimate of drug-likeness (QED) is 0.749. The van der Waals surface area contributed by atoms with Crippen LogP contribution in [0.25, 0.3) is 0 Å². The van der Waals surface area contributed by atoms with Gasteiger partial charge in [0.25, 0.3) is 0 Å². The van der Waals surface area contributed by atoms with E-state index in [1.807, 2.05) is 33.8 Å². The number of rotatable bonds is 2. The van der Waals surface area contributed by atoms with Crippen LogP contribution >= 0.6 is 0 Å². The lowest BCUT2D eigenvalue weighted by Crippen LogP contribution is -2.20. The topological polar surface area (TPSA) is 12.0 Å². The van der Waals surface area contributed by atoms with Gasteiger partial charge in [-0.1, -0.05) is 77.8 Å². The third-order valence-electron chi connectivity index (χ3n) is 3.01. The standard InChI is InChI=1S/C8H10.C6H13N.2C2H6/c1-2-8-6-4-3-5-7-8;1-7-6-4-2-3-5-6;2*1-2/h3-7H,2H2,1H3;6-7H,2-5H2,1H3;2*1-2H3. The fourth-order valence-electron chi connectivity index (χ4n) is 1.93. The number of benzene rings is 1. The summed E-state index contributed by atoms with van der Waals surface area (Å²) in [7, 11) is 2.05. The molecule has 0 aromatic heterocycles. The predicted octanol–water partition coefficient (Wildman–Crippen LogP) is 5.45. The van der Waals surface area contributed by atoms with Crippen molar-refractivity contribution in [1.82, 2.24) is 5.32 Å². The van der Waals surface area contributed by atoms with Crippen LogP contribution in [0.3, 0.4) is 0 Å². The third kappa shape index (κ3) is 12.0. The molecule has 1 saturated carbocycles. The molecule has 2 rings (SSSR count). The Bertz CT molecular complexity index is 237. The lowest BCUT2D eigenvalue weighted by atomic mass is 10.2. The van der Waals surface area contributed by atoms with Gasteiger partial charge in [-0.15, -0.1) is 0 Å². The molecule has 1 aliphatic rings. The highest BCUT2D eigenvalue weighted by atomic mass is 14.9. The van der Waals surface area contributed by atoms with Crippen molar-refractivity contribution in [2.75, 3.05) is 7.05 Å². The van der Waals surface area contributed by atoms with Crippen molar-refractivity contribution in [3.8, 4) is 0 Å². The summed E-state index contributed by atoms with van der Waals surface area (Å²) in [6.45, 7) is 10.2. The van der Waals surface area contributed by atoms with Crippen LogP contribution in [0, 0.1) is 0 Å². The van der Waals surface area contributed by atoms with Gasteiger partial charge in [0.15, 0.2) is 0 Å². The van der Waals surface area contributed by atoms with E-state index in [0.717, 1.165) is 12.5 Å². The van der Waals surface area contributed by atoms with Crippen molar-refractivity contribution in [1.29, 1.82) is 0 Å². The van der Waals surface area contributed by atoms with Crippen LogP contribution in [0.2, 0.25) is 0 Å².